The molecule has 21 heavy (non-hydrogen) atoms. The smallest absolute Gasteiger partial charge is 0.387 e. The van der Waals surface area contributed by atoms with Gasteiger partial charge in [0.15, 0.2) is 11.6 Å². The van der Waals surface area contributed by atoms with E-state index in [2.05, 4.69) is 4.74 Å². The number of carbonyl (C=O) groups is 1. The first-order chi connectivity index (χ1) is 9.90. The molecule has 1 aromatic rings. The van der Waals surface area contributed by atoms with Crippen molar-refractivity contribution in [2.45, 2.75) is 12.7 Å². The lowest BCUT2D eigenvalue weighted by Gasteiger charge is -2.36. The summed E-state index contributed by atoms with van der Waals surface area (Å²) >= 11 is 0. The number of hydrogen-bond donors (Lipinski definition) is 2. The number of rotatable bonds is 4. The van der Waals surface area contributed by atoms with Gasteiger partial charge in [-0.2, -0.15) is 8.78 Å². The van der Waals surface area contributed by atoms with Crippen molar-refractivity contribution in [1.82, 2.24) is 0 Å². The molecule has 1 unspecified atom stereocenters. The molecule has 0 aliphatic carbocycles. The highest BCUT2D eigenvalue weighted by Crippen LogP contribution is 2.33. The normalized spacial score (nSPS) is 18.9. The standard InChI is InChI=1S/C12H14F3N3O3/c13-6-3-7(16)8(4-10(6)21-12(14)15)18-1-2-20-5-9(18)11(17)19/h3-4,9,12H,1-2,5,16H2,(H2,17,19). The average Bonchev–Trinajstić information content (AvgIpc) is 2.41. The molecule has 6 nitrogen and oxygen atoms in total. The second-order valence-corrected chi connectivity index (χ2v) is 4.41. The lowest BCUT2D eigenvalue weighted by molar-refractivity contribution is -0.121. The van der Waals surface area contributed by atoms with Crippen molar-refractivity contribution in [2.24, 2.45) is 5.73 Å². The second-order valence-electron chi connectivity index (χ2n) is 4.41. The number of alkyl halides is 2. The van der Waals surface area contributed by atoms with Crippen molar-refractivity contribution >= 4 is 17.3 Å². The summed E-state index contributed by atoms with van der Waals surface area (Å²) in [6, 6.07) is 1.07. The number of nitrogen functional groups attached to an aromatic ring is 1. The van der Waals surface area contributed by atoms with Crippen molar-refractivity contribution in [3.05, 3.63) is 17.9 Å². The molecule has 0 aromatic heterocycles. The Hall–Kier alpha value is -2.16. The van der Waals surface area contributed by atoms with Gasteiger partial charge in [0.1, 0.15) is 6.04 Å². The van der Waals surface area contributed by atoms with E-state index in [1.54, 1.807) is 0 Å². The molecule has 1 aliphatic heterocycles. The second kappa shape index (κ2) is 6.08. The van der Waals surface area contributed by atoms with Crippen LogP contribution in [0.3, 0.4) is 0 Å². The van der Waals surface area contributed by atoms with Crippen LogP contribution in [0.2, 0.25) is 0 Å². The van der Waals surface area contributed by atoms with Crippen molar-refractivity contribution in [3.8, 4) is 5.75 Å². The van der Waals surface area contributed by atoms with Crippen molar-refractivity contribution in [1.29, 1.82) is 0 Å². The van der Waals surface area contributed by atoms with Gasteiger partial charge in [-0.1, -0.05) is 0 Å². The third-order valence-corrected chi connectivity index (χ3v) is 3.06. The summed E-state index contributed by atoms with van der Waals surface area (Å²) in [5.74, 6) is -2.32. The lowest BCUT2D eigenvalue weighted by atomic mass is 10.1. The minimum Gasteiger partial charge on any atom is -0.432 e. The summed E-state index contributed by atoms with van der Waals surface area (Å²) < 4.78 is 47.3. The number of halogens is 3. The van der Waals surface area contributed by atoms with Gasteiger partial charge in [0.2, 0.25) is 5.91 Å². The number of nitrogens with zero attached hydrogens (tertiary/aromatic N) is 1. The molecule has 0 saturated carbocycles. The van der Waals surface area contributed by atoms with E-state index in [-0.39, 0.29) is 24.5 Å². The molecule has 4 N–H and O–H groups in total. The number of nitrogens with two attached hydrogens (primary N) is 2. The van der Waals surface area contributed by atoms with Crippen LogP contribution in [-0.4, -0.2) is 38.3 Å². The number of ether oxygens (including phenoxy) is 2. The molecule has 0 spiro atoms. The molecule has 9 heteroatoms. The zero-order chi connectivity index (χ0) is 15.6. The average molecular weight is 305 g/mol. The molecule has 116 valence electrons. The minimum absolute atomic E-state index is 0.0118. The van der Waals surface area contributed by atoms with E-state index in [9.17, 15) is 18.0 Å². The fourth-order valence-corrected chi connectivity index (χ4v) is 2.12. The maximum atomic E-state index is 13.5. The maximum Gasteiger partial charge on any atom is 0.387 e. The molecule has 2 rings (SSSR count). The first-order valence-electron chi connectivity index (χ1n) is 6.07. The number of carbonyl (C=O) groups excluding carboxylic acids is 1. The number of amides is 1. The molecule has 0 bridgehead atoms. The van der Waals surface area contributed by atoms with E-state index in [0.29, 0.717) is 6.61 Å². The van der Waals surface area contributed by atoms with Crippen LogP contribution in [0.4, 0.5) is 24.5 Å². The summed E-state index contributed by atoms with van der Waals surface area (Å²) in [7, 11) is 0. The van der Waals surface area contributed by atoms with E-state index in [1.165, 1.54) is 4.90 Å². The van der Waals surface area contributed by atoms with Crippen LogP contribution in [-0.2, 0) is 9.53 Å². The Bertz CT molecular complexity index is 542. The van der Waals surface area contributed by atoms with Gasteiger partial charge in [-0.3, -0.25) is 4.79 Å². The highest BCUT2D eigenvalue weighted by Gasteiger charge is 2.30. The van der Waals surface area contributed by atoms with Crippen LogP contribution in [0.15, 0.2) is 12.1 Å². The summed E-state index contributed by atoms with van der Waals surface area (Å²) in [5, 5.41) is 0. The minimum atomic E-state index is -3.17. The Morgan fingerprint density at radius 1 is 1.48 bits per heavy atom. The Labute approximate surface area is 118 Å². The highest BCUT2D eigenvalue weighted by atomic mass is 19.3. The van der Waals surface area contributed by atoms with Crippen molar-refractivity contribution in [3.63, 3.8) is 0 Å². The molecular weight excluding hydrogens is 291 g/mol. The van der Waals surface area contributed by atoms with Crippen molar-refractivity contribution in [2.75, 3.05) is 30.4 Å². The summed E-state index contributed by atoms with van der Waals surface area (Å²) in [5.41, 5.74) is 11.1. The number of anilines is 2. The predicted octanol–water partition coefficient (Wildman–Crippen LogP) is 0.700. The third kappa shape index (κ3) is 3.30. The van der Waals surface area contributed by atoms with Gasteiger partial charge >= 0.3 is 6.61 Å². The lowest BCUT2D eigenvalue weighted by Crippen LogP contribution is -2.52. The fourth-order valence-electron chi connectivity index (χ4n) is 2.12. The van der Waals surface area contributed by atoms with Crippen LogP contribution >= 0.6 is 0 Å². The Morgan fingerprint density at radius 2 is 2.19 bits per heavy atom. The molecule has 1 saturated heterocycles. The monoisotopic (exact) mass is 305 g/mol. The zero-order valence-electron chi connectivity index (χ0n) is 10.9. The fraction of sp³-hybridized carbons (Fsp3) is 0.417. The predicted molar refractivity (Wildman–Crippen MR) is 68.6 cm³/mol. The molecule has 1 heterocycles. The van der Waals surface area contributed by atoms with Gasteiger partial charge in [-0.15, -0.1) is 0 Å². The van der Waals surface area contributed by atoms with Crippen LogP contribution < -0.4 is 21.1 Å². The van der Waals surface area contributed by atoms with Gasteiger partial charge in [0, 0.05) is 18.7 Å². The quantitative estimate of drug-likeness (QED) is 0.799. The van der Waals surface area contributed by atoms with E-state index in [4.69, 9.17) is 16.2 Å². The topological polar surface area (TPSA) is 90.8 Å². The first-order valence-corrected chi connectivity index (χ1v) is 6.07. The molecule has 1 aromatic carbocycles. The largest absolute Gasteiger partial charge is 0.432 e. The van der Waals surface area contributed by atoms with Crippen molar-refractivity contribution < 1.29 is 27.4 Å². The van der Waals surface area contributed by atoms with Crippen LogP contribution in [0, 0.1) is 5.82 Å². The molecular formula is C12H14F3N3O3. The Morgan fingerprint density at radius 3 is 2.81 bits per heavy atom. The van der Waals surface area contributed by atoms with E-state index < -0.39 is 30.1 Å². The van der Waals surface area contributed by atoms with Gasteiger partial charge in [0.05, 0.1) is 24.6 Å². The van der Waals surface area contributed by atoms with Crippen LogP contribution in [0.1, 0.15) is 0 Å². The van der Waals surface area contributed by atoms with E-state index in [0.717, 1.165) is 12.1 Å². The van der Waals surface area contributed by atoms with Gasteiger partial charge in [0.25, 0.3) is 0 Å². The van der Waals surface area contributed by atoms with Gasteiger partial charge in [-0.25, -0.2) is 4.39 Å². The maximum absolute atomic E-state index is 13.5. The van der Waals surface area contributed by atoms with E-state index >= 15 is 0 Å². The summed E-state index contributed by atoms with van der Waals surface area (Å²) in [6.45, 7) is -2.58. The summed E-state index contributed by atoms with van der Waals surface area (Å²) in [6.07, 6.45) is 0. The molecule has 1 atom stereocenters. The van der Waals surface area contributed by atoms with E-state index in [1.807, 2.05) is 0 Å². The molecule has 1 aliphatic rings. The molecule has 0 radical (unpaired) electrons. The zero-order valence-corrected chi connectivity index (χ0v) is 10.9. The first kappa shape index (κ1) is 15.2. The molecule has 1 amide bonds. The van der Waals surface area contributed by atoms with Crippen LogP contribution in [0.5, 0.6) is 5.75 Å². The number of morpholine rings is 1. The SMILES string of the molecule is NC(=O)C1COCCN1c1cc(OC(F)F)c(F)cc1N. The van der Waals surface area contributed by atoms with Crippen LogP contribution in [0.25, 0.3) is 0 Å². The number of benzene rings is 1. The Balaban J connectivity index is 2.39. The molecule has 1 fully saturated rings. The summed E-state index contributed by atoms with van der Waals surface area (Å²) in [4.78, 5) is 12.9. The number of primary amides is 1. The highest BCUT2D eigenvalue weighted by molar-refractivity contribution is 5.86. The van der Waals surface area contributed by atoms with Gasteiger partial charge in [-0.05, 0) is 0 Å². The third-order valence-electron chi connectivity index (χ3n) is 3.06. The Kier molecular flexibility index (Phi) is 4.41. The van der Waals surface area contributed by atoms with Gasteiger partial charge < -0.3 is 25.8 Å². The number of hydrogen-bond acceptors (Lipinski definition) is 5.